The Balaban J connectivity index is 3.01. The Morgan fingerprint density at radius 3 is 2.27 bits per heavy atom. The van der Waals surface area contributed by atoms with E-state index in [1.54, 1.807) is 0 Å². The van der Waals surface area contributed by atoms with Gasteiger partial charge in [-0.2, -0.15) is 13.2 Å². The molecule has 0 aliphatic carbocycles. The molecule has 2 nitrogen and oxygen atoms in total. The zero-order valence-electron chi connectivity index (χ0n) is 7.12. The van der Waals surface area contributed by atoms with Crippen molar-refractivity contribution in [3.05, 3.63) is 24.0 Å². The van der Waals surface area contributed by atoms with Gasteiger partial charge in [0, 0.05) is 0 Å². The number of benzene rings is 1. The van der Waals surface area contributed by atoms with Crippen molar-refractivity contribution in [3.63, 3.8) is 0 Å². The largest absolute Gasteiger partial charge is 0.488 e. The minimum absolute atomic E-state index is 0.192. The van der Waals surface area contributed by atoms with Crippen LogP contribution >= 0.6 is 11.8 Å². The van der Waals surface area contributed by atoms with Gasteiger partial charge < -0.3 is 10.0 Å². The summed E-state index contributed by atoms with van der Waals surface area (Å²) >= 11 is -0.638. The van der Waals surface area contributed by atoms with Crippen molar-refractivity contribution in [2.24, 2.45) is 0 Å². The van der Waals surface area contributed by atoms with Gasteiger partial charge in [0.15, 0.2) is 0 Å². The summed E-state index contributed by atoms with van der Waals surface area (Å²) in [6.45, 7) is 0. The van der Waals surface area contributed by atoms with Crippen LogP contribution in [-0.2, 0) is 0 Å². The van der Waals surface area contributed by atoms with Crippen molar-refractivity contribution in [2.45, 2.75) is 10.4 Å². The Morgan fingerprint density at radius 2 is 1.80 bits per heavy atom. The van der Waals surface area contributed by atoms with Crippen LogP contribution in [0.25, 0.3) is 0 Å². The third-order valence-corrected chi connectivity index (χ3v) is 2.24. The van der Waals surface area contributed by atoms with E-state index < -0.39 is 35.1 Å². The standard InChI is InChI=1S/C7H5BF4O2S/c9-5-2-1-4(8(13)14)3-6(5)15-7(10,11)12/h1-3,13-14H. The lowest BCUT2D eigenvalue weighted by Gasteiger charge is -2.08. The molecular formula is C7H5BF4O2S. The molecule has 1 aromatic rings. The van der Waals surface area contributed by atoms with Crippen molar-refractivity contribution < 1.29 is 27.6 Å². The zero-order valence-corrected chi connectivity index (χ0v) is 7.94. The first-order valence-corrected chi connectivity index (χ1v) is 4.52. The third-order valence-electron chi connectivity index (χ3n) is 1.48. The van der Waals surface area contributed by atoms with Crippen LogP contribution in [0, 0.1) is 5.82 Å². The summed E-state index contributed by atoms with van der Waals surface area (Å²) in [4.78, 5) is -0.687. The van der Waals surface area contributed by atoms with E-state index in [0.29, 0.717) is 0 Å². The van der Waals surface area contributed by atoms with Crippen LogP contribution < -0.4 is 5.46 Å². The van der Waals surface area contributed by atoms with Crippen LogP contribution in [0.3, 0.4) is 0 Å². The SMILES string of the molecule is OB(O)c1ccc(F)c(SC(F)(F)F)c1. The molecule has 0 radical (unpaired) electrons. The number of halogens is 4. The summed E-state index contributed by atoms with van der Waals surface area (Å²) in [5.41, 5.74) is -4.80. The summed E-state index contributed by atoms with van der Waals surface area (Å²) in [6, 6.07) is 2.50. The van der Waals surface area contributed by atoms with Gasteiger partial charge in [0.2, 0.25) is 0 Å². The number of hydrogen-bond donors (Lipinski definition) is 2. The van der Waals surface area contributed by atoms with Gasteiger partial charge in [-0.15, -0.1) is 0 Å². The van der Waals surface area contributed by atoms with Gasteiger partial charge in [-0.25, -0.2) is 4.39 Å². The fourth-order valence-electron chi connectivity index (χ4n) is 0.883. The predicted molar refractivity (Wildman–Crippen MR) is 48.1 cm³/mol. The molecule has 0 heterocycles. The van der Waals surface area contributed by atoms with Gasteiger partial charge in [-0.3, -0.25) is 0 Å². The van der Waals surface area contributed by atoms with E-state index in [4.69, 9.17) is 10.0 Å². The molecule has 15 heavy (non-hydrogen) atoms. The monoisotopic (exact) mass is 240 g/mol. The van der Waals surface area contributed by atoms with E-state index in [-0.39, 0.29) is 5.46 Å². The topological polar surface area (TPSA) is 40.5 Å². The van der Waals surface area contributed by atoms with E-state index in [2.05, 4.69) is 0 Å². The van der Waals surface area contributed by atoms with Crippen LogP contribution in [0.4, 0.5) is 17.6 Å². The van der Waals surface area contributed by atoms with Crippen molar-refractivity contribution in [1.82, 2.24) is 0 Å². The number of alkyl halides is 3. The lowest BCUT2D eigenvalue weighted by molar-refractivity contribution is -0.0329. The minimum atomic E-state index is -4.61. The molecule has 0 atom stereocenters. The molecule has 0 saturated carbocycles. The Kier molecular flexibility index (Phi) is 3.64. The molecular weight excluding hydrogens is 235 g/mol. The molecule has 0 bridgehead atoms. The molecule has 2 N–H and O–H groups in total. The molecule has 82 valence electrons. The third kappa shape index (κ3) is 3.73. The van der Waals surface area contributed by atoms with E-state index >= 15 is 0 Å². The second-order valence-corrected chi connectivity index (χ2v) is 3.72. The Hall–Kier alpha value is -0.725. The first kappa shape index (κ1) is 12.3. The van der Waals surface area contributed by atoms with Crippen molar-refractivity contribution in [1.29, 1.82) is 0 Å². The van der Waals surface area contributed by atoms with Gasteiger partial charge in [0.1, 0.15) is 5.82 Å². The molecule has 0 amide bonds. The predicted octanol–water partition coefficient (Wildman–Crippen LogP) is 1.12. The first-order valence-electron chi connectivity index (χ1n) is 3.71. The number of thioether (sulfide) groups is 1. The quantitative estimate of drug-likeness (QED) is 0.462. The van der Waals surface area contributed by atoms with Crippen LogP contribution in [0.1, 0.15) is 0 Å². The maximum atomic E-state index is 12.9. The molecule has 0 aliphatic rings. The highest BCUT2D eigenvalue weighted by Crippen LogP contribution is 2.37. The van der Waals surface area contributed by atoms with E-state index in [0.717, 1.165) is 18.2 Å². The molecule has 0 aromatic heterocycles. The molecule has 0 saturated heterocycles. The maximum absolute atomic E-state index is 12.9. The van der Waals surface area contributed by atoms with Crippen molar-refractivity contribution >= 4 is 24.3 Å². The van der Waals surface area contributed by atoms with Crippen LogP contribution in [0.2, 0.25) is 0 Å². The lowest BCUT2D eigenvalue weighted by Crippen LogP contribution is -2.30. The molecule has 1 aromatic carbocycles. The molecule has 0 aliphatic heterocycles. The van der Waals surface area contributed by atoms with E-state index in [9.17, 15) is 17.6 Å². The second kappa shape index (κ2) is 4.42. The lowest BCUT2D eigenvalue weighted by atomic mass is 9.80. The second-order valence-electron chi connectivity index (χ2n) is 2.61. The molecule has 0 spiro atoms. The molecule has 0 unspecified atom stereocenters. The number of rotatable bonds is 2. The Labute approximate surface area is 87.1 Å². The molecule has 1 rings (SSSR count). The van der Waals surface area contributed by atoms with Gasteiger partial charge in [-0.1, -0.05) is 6.07 Å². The van der Waals surface area contributed by atoms with E-state index in [1.807, 2.05) is 0 Å². The van der Waals surface area contributed by atoms with Crippen molar-refractivity contribution in [3.8, 4) is 0 Å². The summed E-state index contributed by atoms with van der Waals surface area (Å²) < 4.78 is 48.7. The highest BCUT2D eigenvalue weighted by Gasteiger charge is 2.31. The average molecular weight is 240 g/mol. The Bertz CT molecular complexity index is 355. The van der Waals surface area contributed by atoms with Gasteiger partial charge in [0.25, 0.3) is 0 Å². The van der Waals surface area contributed by atoms with Crippen molar-refractivity contribution in [2.75, 3.05) is 0 Å². The average Bonchev–Trinajstić information content (AvgIpc) is 2.06. The van der Waals surface area contributed by atoms with Gasteiger partial charge in [-0.05, 0) is 29.4 Å². The molecule has 8 heteroatoms. The van der Waals surface area contributed by atoms with Crippen LogP contribution in [0.15, 0.2) is 23.1 Å². The summed E-state index contributed by atoms with van der Waals surface area (Å²) in [5.74, 6) is -1.05. The highest BCUT2D eigenvalue weighted by molar-refractivity contribution is 8.00. The molecule has 0 fully saturated rings. The normalized spacial score (nSPS) is 11.6. The van der Waals surface area contributed by atoms with Crippen LogP contribution in [-0.4, -0.2) is 22.7 Å². The Morgan fingerprint density at radius 1 is 1.20 bits per heavy atom. The summed E-state index contributed by atoms with van der Waals surface area (Å²) in [7, 11) is -1.92. The smallest absolute Gasteiger partial charge is 0.423 e. The number of hydrogen-bond acceptors (Lipinski definition) is 3. The van der Waals surface area contributed by atoms with Gasteiger partial charge >= 0.3 is 12.6 Å². The van der Waals surface area contributed by atoms with Crippen LogP contribution in [0.5, 0.6) is 0 Å². The van der Waals surface area contributed by atoms with Gasteiger partial charge in [0.05, 0.1) is 4.90 Å². The van der Waals surface area contributed by atoms with E-state index in [1.165, 1.54) is 0 Å². The minimum Gasteiger partial charge on any atom is -0.423 e. The zero-order chi connectivity index (χ0) is 11.6. The maximum Gasteiger partial charge on any atom is 0.488 e. The fraction of sp³-hybridized carbons (Fsp3) is 0.143. The first-order chi connectivity index (χ1) is 6.79. The highest BCUT2D eigenvalue weighted by atomic mass is 32.2. The fourth-order valence-corrected chi connectivity index (χ4v) is 1.49. The summed E-state index contributed by atoms with van der Waals surface area (Å²) in [6.07, 6.45) is 0. The summed E-state index contributed by atoms with van der Waals surface area (Å²) in [5, 5.41) is 17.4.